The van der Waals surface area contributed by atoms with Crippen LogP contribution in [0.2, 0.25) is 0 Å². The van der Waals surface area contributed by atoms with Gasteiger partial charge >= 0.3 is 5.97 Å². The SMILES string of the molecule is C=C(C)C(=O)OC1CCC(NOCCCOS(=O)(=O)c2ccc(C)cc2)CC1. The van der Waals surface area contributed by atoms with Crippen molar-refractivity contribution in [1.29, 1.82) is 0 Å². The Morgan fingerprint density at radius 1 is 1.14 bits per heavy atom. The molecule has 0 aromatic heterocycles. The van der Waals surface area contributed by atoms with Crippen molar-refractivity contribution in [1.82, 2.24) is 5.48 Å². The lowest BCUT2D eigenvalue weighted by molar-refractivity contribution is -0.146. The summed E-state index contributed by atoms with van der Waals surface area (Å²) in [7, 11) is -3.73. The van der Waals surface area contributed by atoms with E-state index in [1.54, 1.807) is 19.1 Å². The Morgan fingerprint density at radius 3 is 2.39 bits per heavy atom. The summed E-state index contributed by atoms with van der Waals surface area (Å²) in [4.78, 5) is 17.1. The number of hydroxylamine groups is 1. The Balaban J connectivity index is 1.57. The molecule has 8 heteroatoms. The standard InChI is InChI=1S/C20H29NO6S/c1-15(2)20(22)27-18-9-7-17(8-10-18)21-25-13-4-14-26-28(23,24)19-11-5-16(3)6-12-19/h5-6,11-12,17-18,21H,1,4,7-10,13-14H2,2-3H3. The van der Waals surface area contributed by atoms with E-state index >= 15 is 0 Å². The van der Waals surface area contributed by atoms with E-state index in [2.05, 4.69) is 12.1 Å². The van der Waals surface area contributed by atoms with Crippen molar-refractivity contribution in [2.45, 2.75) is 63.0 Å². The zero-order valence-electron chi connectivity index (χ0n) is 16.5. The summed E-state index contributed by atoms with van der Waals surface area (Å²) in [5, 5.41) is 0. The van der Waals surface area contributed by atoms with Gasteiger partial charge in [-0.25, -0.2) is 4.79 Å². The molecule has 0 atom stereocenters. The van der Waals surface area contributed by atoms with Crippen LogP contribution in [0.5, 0.6) is 0 Å². The van der Waals surface area contributed by atoms with E-state index in [1.807, 2.05) is 6.92 Å². The van der Waals surface area contributed by atoms with Gasteiger partial charge < -0.3 is 9.57 Å². The molecule has 2 rings (SSSR count). The highest BCUT2D eigenvalue weighted by Crippen LogP contribution is 2.22. The van der Waals surface area contributed by atoms with Gasteiger partial charge in [-0.2, -0.15) is 13.9 Å². The summed E-state index contributed by atoms with van der Waals surface area (Å²) in [5.41, 5.74) is 4.39. The van der Waals surface area contributed by atoms with E-state index in [4.69, 9.17) is 13.8 Å². The zero-order chi connectivity index (χ0) is 20.6. The molecule has 1 aliphatic rings. The Kier molecular flexibility index (Phi) is 8.62. The molecule has 0 heterocycles. The number of carbonyl (C=O) groups excluding carboxylic acids is 1. The van der Waals surface area contributed by atoms with Crippen molar-refractivity contribution >= 4 is 16.1 Å². The first-order valence-electron chi connectivity index (χ1n) is 9.48. The molecule has 0 saturated heterocycles. The van der Waals surface area contributed by atoms with Gasteiger partial charge in [0.05, 0.1) is 18.1 Å². The Hall–Kier alpha value is -1.74. The molecule has 1 aromatic carbocycles. The number of ether oxygens (including phenoxy) is 1. The van der Waals surface area contributed by atoms with Crippen LogP contribution < -0.4 is 5.48 Å². The predicted molar refractivity (Wildman–Crippen MR) is 105 cm³/mol. The highest BCUT2D eigenvalue weighted by atomic mass is 32.2. The smallest absolute Gasteiger partial charge is 0.333 e. The molecule has 1 aromatic rings. The average Bonchev–Trinajstić information content (AvgIpc) is 2.66. The van der Waals surface area contributed by atoms with Crippen LogP contribution in [-0.2, 0) is 28.7 Å². The Morgan fingerprint density at radius 2 is 1.79 bits per heavy atom. The van der Waals surface area contributed by atoms with Gasteiger partial charge in [-0.1, -0.05) is 24.3 Å². The molecule has 1 aliphatic carbocycles. The molecular formula is C20H29NO6S. The molecule has 0 aliphatic heterocycles. The molecule has 0 unspecified atom stereocenters. The second-order valence-corrected chi connectivity index (χ2v) is 8.68. The molecule has 156 valence electrons. The van der Waals surface area contributed by atoms with Gasteiger partial charge in [-0.3, -0.25) is 4.18 Å². The molecule has 0 bridgehead atoms. The van der Waals surface area contributed by atoms with Gasteiger partial charge in [-0.15, -0.1) is 0 Å². The van der Waals surface area contributed by atoms with Crippen molar-refractivity contribution in [2.75, 3.05) is 13.2 Å². The van der Waals surface area contributed by atoms with E-state index in [0.717, 1.165) is 31.2 Å². The maximum atomic E-state index is 12.1. The minimum atomic E-state index is -3.73. The first kappa shape index (κ1) is 22.5. The van der Waals surface area contributed by atoms with Gasteiger partial charge in [0.15, 0.2) is 0 Å². The zero-order valence-corrected chi connectivity index (χ0v) is 17.3. The third-order valence-corrected chi connectivity index (χ3v) is 5.81. The third-order valence-electron chi connectivity index (χ3n) is 4.49. The summed E-state index contributed by atoms with van der Waals surface area (Å²) < 4.78 is 34.5. The minimum absolute atomic E-state index is 0.0570. The van der Waals surface area contributed by atoms with Crippen LogP contribution in [0.1, 0.15) is 44.6 Å². The minimum Gasteiger partial charge on any atom is -0.459 e. The third kappa shape index (κ3) is 7.35. The van der Waals surface area contributed by atoms with E-state index in [-0.39, 0.29) is 29.6 Å². The van der Waals surface area contributed by atoms with Gasteiger partial charge in [0.2, 0.25) is 0 Å². The van der Waals surface area contributed by atoms with E-state index in [1.165, 1.54) is 12.1 Å². The van der Waals surface area contributed by atoms with Crippen molar-refractivity contribution in [3.63, 3.8) is 0 Å². The first-order chi connectivity index (χ1) is 13.3. The molecule has 0 radical (unpaired) electrons. The molecule has 1 N–H and O–H groups in total. The fourth-order valence-electron chi connectivity index (χ4n) is 2.80. The normalized spacial score (nSPS) is 19.9. The van der Waals surface area contributed by atoms with E-state index in [0.29, 0.717) is 18.6 Å². The molecule has 0 spiro atoms. The molecular weight excluding hydrogens is 382 g/mol. The average molecular weight is 412 g/mol. The Bertz CT molecular complexity index is 751. The van der Waals surface area contributed by atoms with Gasteiger partial charge in [0, 0.05) is 11.6 Å². The van der Waals surface area contributed by atoms with Gasteiger partial charge in [-0.05, 0) is 58.1 Å². The van der Waals surface area contributed by atoms with Gasteiger partial charge in [0.1, 0.15) is 6.10 Å². The number of hydrogen-bond acceptors (Lipinski definition) is 7. The van der Waals surface area contributed by atoms with Crippen molar-refractivity contribution in [2.24, 2.45) is 0 Å². The lowest BCUT2D eigenvalue weighted by atomic mass is 9.93. The summed E-state index contributed by atoms with van der Waals surface area (Å²) in [6.45, 7) is 7.51. The van der Waals surface area contributed by atoms with Crippen LogP contribution >= 0.6 is 0 Å². The topological polar surface area (TPSA) is 90.9 Å². The Labute approximate surface area is 167 Å². The molecule has 1 fully saturated rings. The van der Waals surface area contributed by atoms with Crippen molar-refractivity contribution < 1.29 is 27.0 Å². The van der Waals surface area contributed by atoms with Gasteiger partial charge in [0.25, 0.3) is 10.1 Å². The molecule has 0 amide bonds. The van der Waals surface area contributed by atoms with Crippen LogP contribution in [0, 0.1) is 6.92 Å². The fraction of sp³-hybridized carbons (Fsp3) is 0.550. The predicted octanol–water partition coefficient (Wildman–Crippen LogP) is 3.04. The molecule has 28 heavy (non-hydrogen) atoms. The quantitative estimate of drug-likeness (QED) is 0.208. The highest BCUT2D eigenvalue weighted by Gasteiger charge is 2.24. The largest absolute Gasteiger partial charge is 0.459 e. The van der Waals surface area contributed by atoms with Crippen LogP contribution in [0.25, 0.3) is 0 Å². The summed E-state index contributed by atoms with van der Waals surface area (Å²) in [5.74, 6) is -0.340. The first-order valence-corrected chi connectivity index (χ1v) is 10.9. The number of nitrogens with one attached hydrogen (secondary N) is 1. The molecule has 7 nitrogen and oxygen atoms in total. The van der Waals surface area contributed by atoms with Crippen molar-refractivity contribution in [3.8, 4) is 0 Å². The maximum absolute atomic E-state index is 12.1. The van der Waals surface area contributed by atoms with E-state index < -0.39 is 10.1 Å². The summed E-state index contributed by atoms with van der Waals surface area (Å²) in [6.07, 6.45) is 3.61. The summed E-state index contributed by atoms with van der Waals surface area (Å²) in [6, 6.07) is 6.73. The monoisotopic (exact) mass is 411 g/mol. The van der Waals surface area contributed by atoms with Crippen molar-refractivity contribution in [3.05, 3.63) is 42.0 Å². The van der Waals surface area contributed by atoms with E-state index in [9.17, 15) is 13.2 Å². The lowest BCUT2D eigenvalue weighted by Crippen LogP contribution is -2.36. The second kappa shape index (κ2) is 10.7. The lowest BCUT2D eigenvalue weighted by Gasteiger charge is -2.28. The highest BCUT2D eigenvalue weighted by molar-refractivity contribution is 7.86. The number of esters is 1. The van der Waals surface area contributed by atoms with Crippen LogP contribution in [0.3, 0.4) is 0 Å². The van der Waals surface area contributed by atoms with Crippen LogP contribution in [0.15, 0.2) is 41.3 Å². The summed E-state index contributed by atoms with van der Waals surface area (Å²) >= 11 is 0. The van der Waals surface area contributed by atoms with Crippen LogP contribution in [0.4, 0.5) is 0 Å². The number of rotatable bonds is 10. The number of hydrogen-bond donors (Lipinski definition) is 1. The number of benzene rings is 1. The number of carbonyl (C=O) groups is 1. The second-order valence-electron chi connectivity index (χ2n) is 7.07. The van der Waals surface area contributed by atoms with Crippen LogP contribution in [-0.4, -0.2) is 39.7 Å². The molecule has 1 saturated carbocycles. The maximum Gasteiger partial charge on any atom is 0.333 e. The number of aryl methyl sites for hydroxylation is 1. The fourth-order valence-corrected chi connectivity index (χ4v) is 3.74.